The highest BCUT2D eigenvalue weighted by atomic mass is 19.1. The van der Waals surface area contributed by atoms with E-state index in [9.17, 15) is 4.39 Å². The number of hydrogen-bond donors (Lipinski definition) is 1. The number of likely N-dealkylation sites (N-methyl/N-ethyl adjacent to an activating group) is 1. The van der Waals surface area contributed by atoms with Crippen molar-refractivity contribution >= 4 is 5.69 Å². The molecule has 1 aliphatic heterocycles. The summed E-state index contributed by atoms with van der Waals surface area (Å²) in [5.74, 6) is -0.130. The van der Waals surface area contributed by atoms with Crippen molar-refractivity contribution in [2.24, 2.45) is 5.73 Å². The zero-order valence-corrected chi connectivity index (χ0v) is 10.3. The summed E-state index contributed by atoms with van der Waals surface area (Å²) in [5, 5.41) is 0. The number of nitrogens with two attached hydrogens (primary N) is 1. The van der Waals surface area contributed by atoms with Gasteiger partial charge in [-0.1, -0.05) is 12.1 Å². The lowest BCUT2D eigenvalue weighted by molar-refractivity contribution is 0.266. The molecule has 3 nitrogen and oxygen atoms in total. The minimum absolute atomic E-state index is 0.130. The lowest BCUT2D eigenvalue weighted by atomic mass is 10.2. The van der Waals surface area contributed by atoms with E-state index in [1.807, 2.05) is 12.1 Å². The van der Waals surface area contributed by atoms with Gasteiger partial charge in [0.05, 0.1) is 5.69 Å². The highest BCUT2D eigenvalue weighted by Gasteiger charge is 2.26. The molecule has 0 saturated carbocycles. The predicted octanol–water partition coefficient (Wildman–Crippen LogP) is 1.29. The molecule has 1 saturated heterocycles. The van der Waals surface area contributed by atoms with Crippen LogP contribution in [0, 0.1) is 5.82 Å². The Kier molecular flexibility index (Phi) is 3.97. The molecular formula is C13H20FN3. The number of rotatable bonds is 4. The molecule has 1 aromatic carbocycles. The molecule has 1 heterocycles. The van der Waals surface area contributed by atoms with Gasteiger partial charge >= 0.3 is 0 Å². The summed E-state index contributed by atoms with van der Waals surface area (Å²) in [7, 11) is 2.09. The van der Waals surface area contributed by atoms with Gasteiger partial charge in [-0.05, 0) is 25.6 Å². The smallest absolute Gasteiger partial charge is 0.146 e. The van der Waals surface area contributed by atoms with Crippen LogP contribution in [-0.4, -0.2) is 44.2 Å². The maximum atomic E-state index is 13.6. The summed E-state index contributed by atoms with van der Waals surface area (Å²) in [4.78, 5) is 4.38. The fourth-order valence-corrected chi connectivity index (χ4v) is 2.41. The first kappa shape index (κ1) is 12.3. The van der Waals surface area contributed by atoms with Crippen molar-refractivity contribution in [3.05, 3.63) is 30.1 Å². The van der Waals surface area contributed by atoms with Crippen LogP contribution in [0.4, 0.5) is 10.1 Å². The lowest BCUT2D eigenvalue weighted by Gasteiger charge is -2.24. The lowest BCUT2D eigenvalue weighted by Crippen LogP contribution is -2.37. The molecule has 0 spiro atoms. The van der Waals surface area contributed by atoms with Crippen LogP contribution in [0.3, 0.4) is 0 Å². The largest absolute Gasteiger partial charge is 0.368 e. The molecule has 1 fully saturated rings. The van der Waals surface area contributed by atoms with Gasteiger partial charge in [0, 0.05) is 32.2 Å². The maximum Gasteiger partial charge on any atom is 0.146 e. The third kappa shape index (κ3) is 2.76. The second-order valence-corrected chi connectivity index (χ2v) is 4.61. The van der Waals surface area contributed by atoms with Crippen LogP contribution in [0.2, 0.25) is 0 Å². The third-order valence-electron chi connectivity index (χ3n) is 3.46. The Morgan fingerprint density at radius 2 is 2.24 bits per heavy atom. The van der Waals surface area contributed by atoms with Gasteiger partial charge in [-0.25, -0.2) is 4.39 Å². The van der Waals surface area contributed by atoms with Gasteiger partial charge in [0.2, 0.25) is 0 Å². The molecular weight excluding hydrogens is 217 g/mol. The number of halogens is 1. The Balaban J connectivity index is 2.00. The first-order valence-electron chi connectivity index (χ1n) is 6.12. The summed E-state index contributed by atoms with van der Waals surface area (Å²) in [6.07, 6.45) is 1.07. The van der Waals surface area contributed by atoms with E-state index in [-0.39, 0.29) is 5.82 Å². The van der Waals surface area contributed by atoms with Crippen molar-refractivity contribution in [1.82, 2.24) is 4.90 Å². The molecule has 0 bridgehead atoms. The molecule has 0 radical (unpaired) electrons. The first-order valence-corrected chi connectivity index (χ1v) is 6.12. The minimum atomic E-state index is -0.130. The second kappa shape index (κ2) is 5.47. The first-order chi connectivity index (χ1) is 8.22. The van der Waals surface area contributed by atoms with Crippen LogP contribution in [0.1, 0.15) is 6.42 Å². The summed E-state index contributed by atoms with van der Waals surface area (Å²) in [6.45, 7) is 3.38. The van der Waals surface area contributed by atoms with Crippen LogP contribution in [0.25, 0.3) is 0 Å². The molecule has 1 unspecified atom stereocenters. The van der Waals surface area contributed by atoms with Crippen molar-refractivity contribution < 1.29 is 4.39 Å². The zero-order chi connectivity index (χ0) is 12.3. The monoisotopic (exact) mass is 237 g/mol. The van der Waals surface area contributed by atoms with Gasteiger partial charge in [0.25, 0.3) is 0 Å². The Bertz CT molecular complexity index is 369. The minimum Gasteiger partial charge on any atom is -0.368 e. The van der Waals surface area contributed by atoms with Crippen LogP contribution in [0.15, 0.2) is 24.3 Å². The molecule has 4 heteroatoms. The normalized spacial score (nSPS) is 20.2. The average molecular weight is 237 g/mol. The molecule has 2 N–H and O–H groups in total. The molecule has 1 atom stereocenters. The Hall–Kier alpha value is -1.13. The molecule has 0 amide bonds. The molecule has 2 rings (SSSR count). The van der Waals surface area contributed by atoms with Gasteiger partial charge < -0.3 is 15.5 Å². The van der Waals surface area contributed by atoms with E-state index in [0.29, 0.717) is 12.6 Å². The van der Waals surface area contributed by atoms with Crippen LogP contribution in [0.5, 0.6) is 0 Å². The van der Waals surface area contributed by atoms with Crippen molar-refractivity contribution in [3.63, 3.8) is 0 Å². The summed E-state index contributed by atoms with van der Waals surface area (Å²) in [6, 6.07) is 7.47. The number of anilines is 1. The van der Waals surface area contributed by atoms with E-state index >= 15 is 0 Å². The Morgan fingerprint density at radius 3 is 2.94 bits per heavy atom. The predicted molar refractivity (Wildman–Crippen MR) is 68.7 cm³/mol. The average Bonchev–Trinajstić information content (AvgIpc) is 2.79. The van der Waals surface area contributed by atoms with Crippen LogP contribution >= 0.6 is 0 Å². The van der Waals surface area contributed by atoms with E-state index in [2.05, 4.69) is 16.8 Å². The van der Waals surface area contributed by atoms with Gasteiger partial charge in [-0.3, -0.25) is 0 Å². The maximum absolute atomic E-state index is 13.6. The summed E-state index contributed by atoms with van der Waals surface area (Å²) >= 11 is 0. The highest BCUT2D eigenvalue weighted by Crippen LogP contribution is 2.24. The molecule has 0 aromatic heterocycles. The van der Waals surface area contributed by atoms with E-state index in [1.54, 1.807) is 6.07 Å². The second-order valence-electron chi connectivity index (χ2n) is 4.61. The SMILES string of the molecule is CN(CCN)C1CCN(c2ccccc2F)C1. The standard InChI is InChI=1S/C13H20FN3/c1-16(9-7-15)11-6-8-17(10-11)13-5-3-2-4-12(13)14/h2-5,11H,6-10,15H2,1H3. The third-order valence-corrected chi connectivity index (χ3v) is 3.46. The van der Waals surface area contributed by atoms with Gasteiger partial charge in [-0.2, -0.15) is 0 Å². The van der Waals surface area contributed by atoms with Gasteiger partial charge in [0.15, 0.2) is 0 Å². The zero-order valence-electron chi connectivity index (χ0n) is 10.3. The molecule has 1 aliphatic rings. The van der Waals surface area contributed by atoms with Crippen molar-refractivity contribution in [3.8, 4) is 0 Å². The number of benzene rings is 1. The van der Waals surface area contributed by atoms with Gasteiger partial charge in [-0.15, -0.1) is 0 Å². The fraction of sp³-hybridized carbons (Fsp3) is 0.538. The number of nitrogens with zero attached hydrogens (tertiary/aromatic N) is 2. The van der Waals surface area contributed by atoms with Gasteiger partial charge in [0.1, 0.15) is 5.82 Å². The van der Waals surface area contributed by atoms with E-state index in [1.165, 1.54) is 6.07 Å². The molecule has 1 aromatic rings. The quantitative estimate of drug-likeness (QED) is 0.856. The topological polar surface area (TPSA) is 32.5 Å². The highest BCUT2D eigenvalue weighted by molar-refractivity contribution is 5.48. The Labute approximate surface area is 102 Å². The molecule has 17 heavy (non-hydrogen) atoms. The van der Waals surface area contributed by atoms with Crippen molar-refractivity contribution in [1.29, 1.82) is 0 Å². The Morgan fingerprint density at radius 1 is 1.47 bits per heavy atom. The molecule has 94 valence electrons. The summed E-state index contributed by atoms with van der Waals surface area (Å²) in [5.41, 5.74) is 6.27. The number of para-hydroxylation sites is 1. The summed E-state index contributed by atoms with van der Waals surface area (Å²) < 4.78 is 13.6. The fourth-order valence-electron chi connectivity index (χ4n) is 2.41. The van der Waals surface area contributed by atoms with Crippen molar-refractivity contribution in [2.45, 2.75) is 12.5 Å². The number of hydrogen-bond acceptors (Lipinski definition) is 3. The van der Waals surface area contributed by atoms with E-state index in [0.717, 1.165) is 31.7 Å². The van der Waals surface area contributed by atoms with Crippen LogP contribution in [-0.2, 0) is 0 Å². The van der Waals surface area contributed by atoms with E-state index in [4.69, 9.17) is 5.73 Å². The van der Waals surface area contributed by atoms with E-state index < -0.39 is 0 Å². The van der Waals surface area contributed by atoms with Crippen molar-refractivity contribution in [2.75, 3.05) is 38.1 Å². The molecule has 0 aliphatic carbocycles. The van der Waals surface area contributed by atoms with Crippen LogP contribution < -0.4 is 10.6 Å².